The second kappa shape index (κ2) is 9.83. The van der Waals surface area contributed by atoms with Crippen molar-refractivity contribution in [2.45, 2.75) is 6.04 Å². The molecule has 1 saturated heterocycles. The van der Waals surface area contributed by atoms with Crippen molar-refractivity contribution < 1.29 is 18.7 Å². The van der Waals surface area contributed by atoms with Crippen LogP contribution in [-0.2, 0) is 9.53 Å². The highest BCUT2D eigenvalue weighted by molar-refractivity contribution is 5.77. The van der Waals surface area contributed by atoms with Crippen molar-refractivity contribution in [3.05, 3.63) is 65.5 Å². The Morgan fingerprint density at radius 3 is 2.50 bits per heavy atom. The van der Waals surface area contributed by atoms with E-state index in [-0.39, 0.29) is 24.4 Å². The van der Waals surface area contributed by atoms with Gasteiger partial charge >= 0.3 is 0 Å². The molecule has 0 aromatic heterocycles. The molecule has 3 rings (SSSR count). The van der Waals surface area contributed by atoms with Crippen molar-refractivity contribution in [3.8, 4) is 11.8 Å². The van der Waals surface area contributed by atoms with Crippen LogP contribution >= 0.6 is 0 Å². The number of amides is 1. The predicted molar refractivity (Wildman–Crippen MR) is 101 cm³/mol. The van der Waals surface area contributed by atoms with Crippen LogP contribution < -0.4 is 10.1 Å². The summed E-state index contributed by atoms with van der Waals surface area (Å²) in [6.07, 6.45) is 0. The van der Waals surface area contributed by atoms with E-state index in [0.29, 0.717) is 31.1 Å². The predicted octanol–water partition coefficient (Wildman–Crippen LogP) is 2.27. The highest BCUT2D eigenvalue weighted by Crippen LogP contribution is 2.21. The van der Waals surface area contributed by atoms with E-state index in [1.165, 1.54) is 12.1 Å². The summed E-state index contributed by atoms with van der Waals surface area (Å²) in [5, 5.41) is 11.7. The van der Waals surface area contributed by atoms with Gasteiger partial charge in [0.15, 0.2) is 6.61 Å². The second-order valence-corrected chi connectivity index (χ2v) is 6.44. The van der Waals surface area contributed by atoms with Gasteiger partial charge in [-0.15, -0.1) is 0 Å². The van der Waals surface area contributed by atoms with Crippen LogP contribution in [0.4, 0.5) is 4.39 Å². The molecule has 6 nitrogen and oxygen atoms in total. The fourth-order valence-corrected chi connectivity index (χ4v) is 3.07. The van der Waals surface area contributed by atoms with Gasteiger partial charge in [-0.05, 0) is 42.0 Å². The topological polar surface area (TPSA) is 74.6 Å². The van der Waals surface area contributed by atoms with Crippen LogP contribution in [0.3, 0.4) is 0 Å². The van der Waals surface area contributed by atoms with Gasteiger partial charge in [-0.1, -0.05) is 12.1 Å². The summed E-state index contributed by atoms with van der Waals surface area (Å²) < 4.78 is 24.1. The quantitative estimate of drug-likeness (QED) is 0.794. The van der Waals surface area contributed by atoms with Crippen LogP contribution in [0.1, 0.15) is 17.2 Å². The molecule has 146 valence electrons. The molecule has 0 radical (unpaired) electrons. The van der Waals surface area contributed by atoms with Crippen molar-refractivity contribution in [2.75, 3.05) is 39.5 Å². The standard InChI is InChI=1S/C21H22FN3O3/c22-18-5-3-17(4-6-18)20(25-9-11-27-12-10-25)14-24-21(26)15-28-19-7-1-16(13-23)2-8-19/h1-8,20H,9-12,14-15H2,(H,24,26)/t20-/m1/s1. The molecule has 28 heavy (non-hydrogen) atoms. The first-order valence-corrected chi connectivity index (χ1v) is 9.12. The number of halogens is 1. The summed E-state index contributed by atoms with van der Waals surface area (Å²) in [5.74, 6) is -0.00789. The molecule has 1 amide bonds. The number of benzene rings is 2. The van der Waals surface area contributed by atoms with Gasteiger partial charge in [-0.2, -0.15) is 5.26 Å². The first kappa shape index (κ1) is 19.8. The molecule has 0 aliphatic carbocycles. The molecule has 1 aliphatic rings. The molecule has 1 aliphatic heterocycles. The molecule has 0 bridgehead atoms. The molecule has 2 aromatic carbocycles. The van der Waals surface area contributed by atoms with Crippen LogP contribution in [0.2, 0.25) is 0 Å². The molecule has 0 unspecified atom stereocenters. The summed E-state index contributed by atoms with van der Waals surface area (Å²) in [6.45, 7) is 3.03. The lowest BCUT2D eigenvalue weighted by Crippen LogP contribution is -2.44. The Morgan fingerprint density at radius 2 is 1.86 bits per heavy atom. The van der Waals surface area contributed by atoms with Crippen LogP contribution in [0.15, 0.2) is 48.5 Å². The van der Waals surface area contributed by atoms with E-state index in [0.717, 1.165) is 18.7 Å². The third kappa shape index (κ3) is 5.52. The molecule has 0 spiro atoms. The third-order valence-corrected chi connectivity index (χ3v) is 4.59. The Hall–Kier alpha value is -2.95. The summed E-state index contributed by atoms with van der Waals surface area (Å²) in [4.78, 5) is 14.4. The van der Waals surface area contributed by atoms with E-state index in [2.05, 4.69) is 10.2 Å². The number of carbonyl (C=O) groups is 1. The number of hydrogen-bond acceptors (Lipinski definition) is 5. The maximum absolute atomic E-state index is 13.3. The Labute approximate surface area is 163 Å². The lowest BCUT2D eigenvalue weighted by Gasteiger charge is -2.35. The van der Waals surface area contributed by atoms with Gasteiger partial charge in [0.1, 0.15) is 11.6 Å². The zero-order valence-corrected chi connectivity index (χ0v) is 15.4. The molecule has 1 N–H and O–H groups in total. The molecule has 2 aromatic rings. The molecular weight excluding hydrogens is 361 g/mol. The fraction of sp³-hybridized carbons (Fsp3) is 0.333. The first-order valence-electron chi connectivity index (χ1n) is 9.12. The molecule has 1 fully saturated rings. The molecule has 1 atom stereocenters. The number of nitrogens with zero attached hydrogens (tertiary/aromatic N) is 2. The van der Waals surface area contributed by atoms with Crippen LogP contribution in [0, 0.1) is 17.1 Å². The summed E-state index contributed by atoms with van der Waals surface area (Å²) in [5.41, 5.74) is 1.47. The number of hydrogen-bond donors (Lipinski definition) is 1. The van der Waals surface area contributed by atoms with Crippen molar-refractivity contribution in [1.82, 2.24) is 10.2 Å². The average molecular weight is 383 g/mol. The van der Waals surface area contributed by atoms with Gasteiger partial charge < -0.3 is 14.8 Å². The van der Waals surface area contributed by atoms with Crippen molar-refractivity contribution >= 4 is 5.91 Å². The molecule has 0 saturated carbocycles. The Kier molecular flexibility index (Phi) is 6.95. The minimum absolute atomic E-state index is 0.0663. The van der Waals surface area contributed by atoms with E-state index in [1.807, 2.05) is 6.07 Å². The Bertz CT molecular complexity index is 812. The number of rotatable bonds is 7. The SMILES string of the molecule is N#Cc1ccc(OCC(=O)NC[C@H](c2ccc(F)cc2)N2CCOCC2)cc1. The van der Waals surface area contributed by atoms with E-state index < -0.39 is 0 Å². The number of carbonyl (C=O) groups excluding carboxylic acids is 1. The average Bonchev–Trinajstić information content (AvgIpc) is 2.75. The number of nitriles is 1. The number of morpholine rings is 1. The van der Waals surface area contributed by atoms with Crippen LogP contribution in [0.5, 0.6) is 5.75 Å². The minimum atomic E-state index is -0.288. The van der Waals surface area contributed by atoms with Gasteiger partial charge in [-0.3, -0.25) is 9.69 Å². The van der Waals surface area contributed by atoms with E-state index >= 15 is 0 Å². The first-order chi connectivity index (χ1) is 13.7. The largest absolute Gasteiger partial charge is 0.484 e. The van der Waals surface area contributed by atoms with Crippen LogP contribution in [-0.4, -0.2) is 50.3 Å². The van der Waals surface area contributed by atoms with Crippen LogP contribution in [0.25, 0.3) is 0 Å². The van der Waals surface area contributed by atoms with Crippen molar-refractivity contribution in [3.63, 3.8) is 0 Å². The van der Waals surface area contributed by atoms with E-state index in [1.54, 1.807) is 36.4 Å². The zero-order chi connectivity index (χ0) is 19.8. The maximum atomic E-state index is 13.3. The number of ether oxygens (including phenoxy) is 2. The van der Waals surface area contributed by atoms with E-state index in [9.17, 15) is 9.18 Å². The normalized spacial score (nSPS) is 15.4. The Balaban J connectivity index is 1.56. The van der Waals surface area contributed by atoms with Crippen molar-refractivity contribution in [2.24, 2.45) is 0 Å². The third-order valence-electron chi connectivity index (χ3n) is 4.59. The monoisotopic (exact) mass is 383 g/mol. The van der Waals surface area contributed by atoms with Gasteiger partial charge in [0.25, 0.3) is 5.91 Å². The second-order valence-electron chi connectivity index (χ2n) is 6.44. The maximum Gasteiger partial charge on any atom is 0.258 e. The lowest BCUT2D eigenvalue weighted by atomic mass is 10.0. The van der Waals surface area contributed by atoms with Gasteiger partial charge in [0.2, 0.25) is 0 Å². The smallest absolute Gasteiger partial charge is 0.258 e. The highest BCUT2D eigenvalue weighted by Gasteiger charge is 2.23. The molecule has 1 heterocycles. The zero-order valence-electron chi connectivity index (χ0n) is 15.4. The minimum Gasteiger partial charge on any atom is -0.484 e. The van der Waals surface area contributed by atoms with Gasteiger partial charge in [-0.25, -0.2) is 4.39 Å². The highest BCUT2D eigenvalue weighted by atomic mass is 19.1. The van der Waals surface area contributed by atoms with Gasteiger partial charge in [0.05, 0.1) is 30.9 Å². The summed E-state index contributed by atoms with van der Waals surface area (Å²) in [6, 6.07) is 14.9. The van der Waals surface area contributed by atoms with Gasteiger partial charge in [0, 0.05) is 19.6 Å². The molecule has 7 heteroatoms. The van der Waals surface area contributed by atoms with Crippen molar-refractivity contribution in [1.29, 1.82) is 5.26 Å². The fourth-order valence-electron chi connectivity index (χ4n) is 3.07. The number of nitrogens with one attached hydrogen (secondary N) is 1. The molecular formula is C21H22FN3O3. The van der Waals surface area contributed by atoms with E-state index in [4.69, 9.17) is 14.7 Å². The summed E-state index contributed by atoms with van der Waals surface area (Å²) >= 11 is 0. The Morgan fingerprint density at radius 1 is 1.18 bits per heavy atom. The lowest BCUT2D eigenvalue weighted by molar-refractivity contribution is -0.123. The summed E-state index contributed by atoms with van der Waals surface area (Å²) in [7, 11) is 0.